The molecule has 1 N–H and O–H groups in total. The van der Waals surface area contributed by atoms with Crippen molar-refractivity contribution in [2.75, 3.05) is 7.11 Å². The van der Waals surface area contributed by atoms with E-state index in [4.69, 9.17) is 4.74 Å². The summed E-state index contributed by atoms with van der Waals surface area (Å²) in [4.78, 5) is 32.4. The molecule has 1 aliphatic heterocycles. The molecule has 0 spiro atoms. The standard InChI is InChI=1S/C9H11NO5/c1-14-8(12)4-5-9(13)15-7-3-2-6(11)10-7/h4-5,7H,2-3H2,1H3,(H,10,11)/b5-4+/t7-/m1/s1. The SMILES string of the molecule is COC(=O)/C=C/C(=O)O[C@@H]1CCC(=O)N1. The van der Waals surface area contributed by atoms with Gasteiger partial charge in [-0.05, 0) is 0 Å². The van der Waals surface area contributed by atoms with Gasteiger partial charge in [-0.3, -0.25) is 4.79 Å². The number of esters is 2. The van der Waals surface area contributed by atoms with Gasteiger partial charge in [0.25, 0.3) is 0 Å². The van der Waals surface area contributed by atoms with Gasteiger partial charge in [0.05, 0.1) is 7.11 Å². The highest BCUT2D eigenvalue weighted by molar-refractivity contribution is 5.91. The Balaban J connectivity index is 2.33. The first-order valence-corrected chi connectivity index (χ1v) is 4.38. The average molecular weight is 213 g/mol. The third-order valence-corrected chi connectivity index (χ3v) is 1.77. The zero-order chi connectivity index (χ0) is 11.3. The molecule has 0 saturated carbocycles. The van der Waals surface area contributed by atoms with Gasteiger partial charge in [-0.1, -0.05) is 0 Å². The number of amides is 1. The summed E-state index contributed by atoms with van der Waals surface area (Å²) in [5.74, 6) is -1.47. The number of ether oxygens (including phenoxy) is 2. The van der Waals surface area contributed by atoms with Crippen molar-refractivity contribution in [1.29, 1.82) is 0 Å². The molecule has 6 heteroatoms. The van der Waals surface area contributed by atoms with E-state index in [1.54, 1.807) is 0 Å². The number of rotatable bonds is 3. The molecular formula is C9H11NO5. The second-order valence-electron chi connectivity index (χ2n) is 2.89. The third kappa shape index (κ3) is 3.80. The van der Waals surface area contributed by atoms with Crippen molar-refractivity contribution in [3.8, 4) is 0 Å². The monoisotopic (exact) mass is 213 g/mol. The summed E-state index contributed by atoms with van der Waals surface area (Å²) in [6, 6.07) is 0. The van der Waals surface area contributed by atoms with Gasteiger partial charge >= 0.3 is 11.9 Å². The largest absolute Gasteiger partial charge is 0.466 e. The molecule has 0 aromatic heterocycles. The van der Waals surface area contributed by atoms with E-state index in [0.29, 0.717) is 12.8 Å². The van der Waals surface area contributed by atoms with Gasteiger partial charge in [0.15, 0.2) is 6.23 Å². The van der Waals surface area contributed by atoms with E-state index in [1.165, 1.54) is 7.11 Å². The van der Waals surface area contributed by atoms with Crippen LogP contribution in [0.1, 0.15) is 12.8 Å². The van der Waals surface area contributed by atoms with E-state index in [2.05, 4.69) is 10.1 Å². The molecule has 0 bridgehead atoms. The zero-order valence-corrected chi connectivity index (χ0v) is 8.19. The molecule has 0 aromatic rings. The Hall–Kier alpha value is -1.85. The summed E-state index contributed by atoms with van der Waals surface area (Å²) in [6.07, 6.45) is 2.12. The zero-order valence-electron chi connectivity index (χ0n) is 8.19. The summed E-state index contributed by atoms with van der Waals surface area (Å²) in [5.41, 5.74) is 0. The van der Waals surface area contributed by atoms with E-state index in [9.17, 15) is 14.4 Å². The Morgan fingerprint density at radius 2 is 2.07 bits per heavy atom. The molecule has 1 rings (SSSR count). The molecule has 6 nitrogen and oxygen atoms in total. The van der Waals surface area contributed by atoms with Crippen LogP contribution in [0.4, 0.5) is 0 Å². The fraction of sp³-hybridized carbons (Fsp3) is 0.444. The van der Waals surface area contributed by atoms with Gasteiger partial charge < -0.3 is 14.8 Å². The van der Waals surface area contributed by atoms with Crippen LogP contribution in [0.3, 0.4) is 0 Å². The van der Waals surface area contributed by atoms with E-state index in [-0.39, 0.29) is 5.91 Å². The molecule has 15 heavy (non-hydrogen) atoms. The van der Waals surface area contributed by atoms with Crippen molar-refractivity contribution in [2.24, 2.45) is 0 Å². The van der Waals surface area contributed by atoms with Crippen LogP contribution >= 0.6 is 0 Å². The van der Waals surface area contributed by atoms with Crippen LogP contribution in [0.2, 0.25) is 0 Å². The molecule has 1 atom stereocenters. The van der Waals surface area contributed by atoms with Crippen LogP contribution in [0, 0.1) is 0 Å². The summed E-state index contributed by atoms with van der Waals surface area (Å²) in [6.45, 7) is 0. The van der Waals surface area contributed by atoms with Gasteiger partial charge in [0.1, 0.15) is 0 Å². The van der Waals surface area contributed by atoms with Gasteiger partial charge in [0.2, 0.25) is 5.91 Å². The van der Waals surface area contributed by atoms with Crippen molar-refractivity contribution < 1.29 is 23.9 Å². The third-order valence-electron chi connectivity index (χ3n) is 1.77. The Kier molecular flexibility index (Phi) is 3.84. The van der Waals surface area contributed by atoms with Crippen molar-refractivity contribution in [2.45, 2.75) is 19.1 Å². The van der Waals surface area contributed by atoms with Crippen LogP contribution < -0.4 is 5.32 Å². The maximum Gasteiger partial charge on any atom is 0.332 e. The lowest BCUT2D eigenvalue weighted by Crippen LogP contribution is -2.29. The number of methoxy groups -OCH3 is 1. The number of hydrogen-bond donors (Lipinski definition) is 1. The average Bonchev–Trinajstić information content (AvgIpc) is 2.60. The predicted molar refractivity (Wildman–Crippen MR) is 48.4 cm³/mol. The van der Waals surface area contributed by atoms with Gasteiger partial charge in [-0.25, -0.2) is 9.59 Å². The van der Waals surface area contributed by atoms with Gasteiger partial charge in [-0.2, -0.15) is 0 Å². The van der Waals surface area contributed by atoms with Crippen LogP contribution in [0.25, 0.3) is 0 Å². The van der Waals surface area contributed by atoms with Crippen molar-refractivity contribution in [1.82, 2.24) is 5.32 Å². The number of carbonyl (C=O) groups is 3. The van der Waals surface area contributed by atoms with Crippen molar-refractivity contribution in [3.63, 3.8) is 0 Å². The maximum absolute atomic E-state index is 11.1. The van der Waals surface area contributed by atoms with Crippen LogP contribution in [-0.4, -0.2) is 31.2 Å². The van der Waals surface area contributed by atoms with Gasteiger partial charge in [-0.15, -0.1) is 0 Å². The normalized spacial score (nSPS) is 20.1. The summed E-state index contributed by atoms with van der Waals surface area (Å²) in [7, 11) is 1.20. The van der Waals surface area contributed by atoms with E-state index in [1.807, 2.05) is 0 Å². The Bertz CT molecular complexity index is 310. The topological polar surface area (TPSA) is 81.7 Å². The quantitative estimate of drug-likeness (QED) is 0.504. The fourth-order valence-electron chi connectivity index (χ4n) is 1.06. The lowest BCUT2D eigenvalue weighted by atomic mass is 10.3. The summed E-state index contributed by atoms with van der Waals surface area (Å²) < 4.78 is 9.10. The first kappa shape index (κ1) is 11.2. The van der Waals surface area contributed by atoms with Crippen LogP contribution in [-0.2, 0) is 23.9 Å². The molecule has 0 radical (unpaired) electrons. The van der Waals surface area contributed by atoms with E-state index < -0.39 is 18.2 Å². The first-order chi connectivity index (χ1) is 7.11. The lowest BCUT2D eigenvalue weighted by molar-refractivity contribution is -0.145. The van der Waals surface area contributed by atoms with Gasteiger partial charge in [0, 0.05) is 25.0 Å². The van der Waals surface area contributed by atoms with E-state index >= 15 is 0 Å². The Labute approximate surface area is 86.2 Å². The minimum absolute atomic E-state index is 0.148. The minimum atomic E-state index is -0.687. The van der Waals surface area contributed by atoms with Crippen LogP contribution in [0.5, 0.6) is 0 Å². The molecule has 0 unspecified atom stereocenters. The second-order valence-corrected chi connectivity index (χ2v) is 2.89. The molecule has 1 aliphatic rings. The molecular weight excluding hydrogens is 202 g/mol. The lowest BCUT2D eigenvalue weighted by Gasteiger charge is -2.08. The fourth-order valence-corrected chi connectivity index (χ4v) is 1.06. The smallest absolute Gasteiger partial charge is 0.332 e. The Morgan fingerprint density at radius 1 is 1.40 bits per heavy atom. The highest BCUT2D eigenvalue weighted by Gasteiger charge is 2.23. The molecule has 1 fully saturated rings. The number of carbonyl (C=O) groups excluding carboxylic acids is 3. The highest BCUT2D eigenvalue weighted by Crippen LogP contribution is 2.07. The highest BCUT2D eigenvalue weighted by atomic mass is 16.6. The molecule has 82 valence electrons. The second kappa shape index (κ2) is 5.14. The molecule has 0 aromatic carbocycles. The molecule has 1 heterocycles. The molecule has 1 amide bonds. The first-order valence-electron chi connectivity index (χ1n) is 4.38. The van der Waals surface area contributed by atoms with Crippen LogP contribution in [0.15, 0.2) is 12.2 Å². The van der Waals surface area contributed by atoms with Crippen molar-refractivity contribution in [3.05, 3.63) is 12.2 Å². The van der Waals surface area contributed by atoms with Crippen molar-refractivity contribution >= 4 is 17.8 Å². The number of nitrogens with one attached hydrogen (secondary N) is 1. The summed E-state index contributed by atoms with van der Waals surface area (Å²) >= 11 is 0. The minimum Gasteiger partial charge on any atom is -0.466 e. The molecule has 1 saturated heterocycles. The molecule has 0 aliphatic carbocycles. The maximum atomic E-state index is 11.1. The number of hydrogen-bond acceptors (Lipinski definition) is 5. The predicted octanol–water partition coefficient (Wildman–Crippen LogP) is -0.505. The Morgan fingerprint density at radius 3 is 2.60 bits per heavy atom. The summed E-state index contributed by atoms with van der Waals surface area (Å²) in [5, 5.41) is 2.45. The van der Waals surface area contributed by atoms with E-state index in [0.717, 1.165) is 12.2 Å².